The van der Waals surface area contributed by atoms with Crippen molar-refractivity contribution in [1.82, 2.24) is 0 Å². The smallest absolute Gasteiger partial charge is 0.193 e. The molecule has 0 amide bonds. The summed E-state index contributed by atoms with van der Waals surface area (Å²) in [5, 5.41) is 0. The lowest BCUT2D eigenvalue weighted by molar-refractivity contribution is 0.103. The minimum Gasteiger partial charge on any atom is -0.497 e. The van der Waals surface area contributed by atoms with Crippen LogP contribution in [0.2, 0.25) is 0 Å². The van der Waals surface area contributed by atoms with E-state index in [4.69, 9.17) is 27.9 Å². The molecular formula is C16H14Cl2O2. The highest BCUT2D eigenvalue weighted by Crippen LogP contribution is 2.20. The highest BCUT2D eigenvalue weighted by atomic mass is 35.5. The number of rotatable bonds is 5. The summed E-state index contributed by atoms with van der Waals surface area (Å²) in [5.74, 6) is 1.41. The van der Waals surface area contributed by atoms with Gasteiger partial charge >= 0.3 is 0 Å². The summed E-state index contributed by atoms with van der Waals surface area (Å²) in [7, 11) is 1.59. The van der Waals surface area contributed by atoms with Gasteiger partial charge in [-0.25, -0.2) is 0 Å². The van der Waals surface area contributed by atoms with E-state index in [1.807, 2.05) is 6.07 Å². The van der Waals surface area contributed by atoms with Crippen molar-refractivity contribution in [2.45, 2.75) is 11.8 Å². The van der Waals surface area contributed by atoms with Crippen molar-refractivity contribution in [3.63, 3.8) is 0 Å². The van der Waals surface area contributed by atoms with Crippen LogP contribution in [0.1, 0.15) is 27.0 Å². The SMILES string of the molecule is COc1ccc(C(=O)c2ccc(CCl)c(CCl)c2)cc1. The molecule has 0 radical (unpaired) electrons. The van der Waals surface area contributed by atoms with Gasteiger partial charge in [-0.2, -0.15) is 0 Å². The number of benzene rings is 2. The Morgan fingerprint density at radius 2 is 1.55 bits per heavy atom. The van der Waals surface area contributed by atoms with Crippen LogP contribution in [0.25, 0.3) is 0 Å². The molecule has 0 spiro atoms. The number of methoxy groups -OCH3 is 1. The second kappa shape index (κ2) is 6.78. The molecule has 0 N–H and O–H groups in total. The summed E-state index contributed by atoms with van der Waals surface area (Å²) in [6, 6.07) is 12.5. The molecule has 2 aromatic rings. The Morgan fingerprint density at radius 1 is 0.950 bits per heavy atom. The largest absolute Gasteiger partial charge is 0.497 e. The van der Waals surface area contributed by atoms with Crippen molar-refractivity contribution in [3.8, 4) is 5.75 Å². The van der Waals surface area contributed by atoms with Crippen molar-refractivity contribution in [2.75, 3.05) is 7.11 Å². The van der Waals surface area contributed by atoms with E-state index in [0.717, 1.165) is 16.9 Å². The van der Waals surface area contributed by atoms with Gasteiger partial charge in [0, 0.05) is 22.9 Å². The molecule has 0 saturated heterocycles. The molecule has 0 aliphatic carbocycles. The van der Waals surface area contributed by atoms with E-state index in [2.05, 4.69) is 0 Å². The zero-order chi connectivity index (χ0) is 14.5. The van der Waals surface area contributed by atoms with Crippen molar-refractivity contribution < 1.29 is 9.53 Å². The molecule has 0 saturated carbocycles. The molecule has 20 heavy (non-hydrogen) atoms. The molecular weight excluding hydrogens is 295 g/mol. The third-order valence-electron chi connectivity index (χ3n) is 3.11. The Hall–Kier alpha value is -1.51. The fourth-order valence-electron chi connectivity index (χ4n) is 1.93. The van der Waals surface area contributed by atoms with E-state index in [1.165, 1.54) is 0 Å². The monoisotopic (exact) mass is 308 g/mol. The van der Waals surface area contributed by atoms with Crippen molar-refractivity contribution in [2.24, 2.45) is 0 Å². The maximum absolute atomic E-state index is 12.4. The van der Waals surface area contributed by atoms with Crippen LogP contribution in [-0.4, -0.2) is 12.9 Å². The van der Waals surface area contributed by atoms with Gasteiger partial charge in [0.25, 0.3) is 0 Å². The van der Waals surface area contributed by atoms with Gasteiger partial charge in [0.05, 0.1) is 7.11 Å². The standard InChI is InChI=1S/C16H14Cl2O2/c1-20-15-6-4-11(5-7-15)16(19)12-2-3-13(9-17)14(8-12)10-18/h2-8H,9-10H2,1H3. The maximum atomic E-state index is 12.4. The fraction of sp³-hybridized carbons (Fsp3) is 0.188. The van der Waals surface area contributed by atoms with Crippen LogP contribution in [0.3, 0.4) is 0 Å². The highest BCUT2D eigenvalue weighted by Gasteiger charge is 2.11. The van der Waals surface area contributed by atoms with Gasteiger partial charge in [0.2, 0.25) is 0 Å². The first-order valence-corrected chi connectivity index (χ1v) is 7.19. The van der Waals surface area contributed by atoms with Crippen molar-refractivity contribution >= 4 is 29.0 Å². The Morgan fingerprint density at radius 3 is 2.10 bits per heavy atom. The molecule has 2 aromatic carbocycles. The average molecular weight is 309 g/mol. The highest BCUT2D eigenvalue weighted by molar-refractivity contribution is 6.19. The van der Waals surface area contributed by atoms with E-state index in [-0.39, 0.29) is 5.78 Å². The quantitative estimate of drug-likeness (QED) is 0.604. The summed E-state index contributed by atoms with van der Waals surface area (Å²) in [6.45, 7) is 0. The lowest BCUT2D eigenvalue weighted by Gasteiger charge is -2.08. The Balaban J connectivity index is 2.32. The third kappa shape index (κ3) is 3.14. The van der Waals surface area contributed by atoms with Gasteiger partial charge in [-0.15, -0.1) is 23.2 Å². The first-order chi connectivity index (χ1) is 9.69. The second-order valence-corrected chi connectivity index (χ2v) is 4.84. The summed E-state index contributed by atoms with van der Waals surface area (Å²) < 4.78 is 5.08. The number of ketones is 1. The fourth-order valence-corrected chi connectivity index (χ4v) is 2.44. The Bertz CT molecular complexity index is 606. The van der Waals surface area contributed by atoms with Gasteiger partial charge in [0.1, 0.15) is 5.75 Å². The van der Waals surface area contributed by atoms with Gasteiger partial charge in [0.15, 0.2) is 5.78 Å². The Kier molecular flexibility index (Phi) is 5.05. The molecule has 2 nitrogen and oxygen atoms in total. The van der Waals surface area contributed by atoms with Crippen LogP contribution in [-0.2, 0) is 11.8 Å². The topological polar surface area (TPSA) is 26.3 Å². The van der Waals surface area contributed by atoms with Crippen LogP contribution in [0.15, 0.2) is 42.5 Å². The lowest BCUT2D eigenvalue weighted by atomic mass is 9.99. The van der Waals surface area contributed by atoms with Gasteiger partial charge < -0.3 is 4.74 Å². The van der Waals surface area contributed by atoms with Gasteiger partial charge in [-0.3, -0.25) is 4.79 Å². The normalized spacial score (nSPS) is 10.3. The van der Waals surface area contributed by atoms with Crippen molar-refractivity contribution in [1.29, 1.82) is 0 Å². The molecule has 0 heterocycles. The summed E-state index contributed by atoms with van der Waals surface area (Å²) in [4.78, 5) is 12.4. The molecule has 0 aliphatic rings. The van der Waals surface area contributed by atoms with E-state index >= 15 is 0 Å². The summed E-state index contributed by atoms with van der Waals surface area (Å²) in [5.41, 5.74) is 3.07. The maximum Gasteiger partial charge on any atom is 0.193 e. The third-order valence-corrected chi connectivity index (χ3v) is 3.68. The van der Waals surface area contributed by atoms with Crippen LogP contribution >= 0.6 is 23.2 Å². The zero-order valence-corrected chi connectivity index (χ0v) is 12.5. The predicted octanol–water partition coefficient (Wildman–Crippen LogP) is 4.40. The first-order valence-electron chi connectivity index (χ1n) is 6.12. The minimum absolute atomic E-state index is 0.0415. The molecule has 0 unspecified atom stereocenters. The first kappa shape index (κ1) is 14.9. The number of carbonyl (C=O) groups excluding carboxylic acids is 1. The van der Waals surface area contributed by atoms with E-state index in [1.54, 1.807) is 43.5 Å². The van der Waals surface area contributed by atoms with E-state index in [9.17, 15) is 4.79 Å². The molecule has 0 aliphatic heterocycles. The minimum atomic E-state index is -0.0415. The number of halogens is 2. The number of alkyl halides is 2. The van der Waals surface area contributed by atoms with Gasteiger partial charge in [-0.1, -0.05) is 12.1 Å². The molecule has 0 atom stereocenters. The molecule has 2 rings (SSSR count). The van der Waals surface area contributed by atoms with Gasteiger partial charge in [-0.05, 0) is 41.5 Å². The van der Waals surface area contributed by atoms with E-state index in [0.29, 0.717) is 22.9 Å². The Labute approximate surface area is 128 Å². The number of hydrogen-bond acceptors (Lipinski definition) is 2. The summed E-state index contributed by atoms with van der Waals surface area (Å²) >= 11 is 11.7. The van der Waals surface area contributed by atoms with Crippen LogP contribution < -0.4 is 4.74 Å². The van der Waals surface area contributed by atoms with Crippen LogP contribution in [0, 0.1) is 0 Å². The molecule has 0 aromatic heterocycles. The average Bonchev–Trinajstić information content (AvgIpc) is 2.53. The predicted molar refractivity (Wildman–Crippen MR) is 82.0 cm³/mol. The number of carbonyl (C=O) groups is 1. The molecule has 0 bridgehead atoms. The van der Waals surface area contributed by atoms with Crippen molar-refractivity contribution in [3.05, 3.63) is 64.7 Å². The second-order valence-electron chi connectivity index (χ2n) is 4.31. The zero-order valence-electron chi connectivity index (χ0n) is 11.0. The van der Waals surface area contributed by atoms with E-state index < -0.39 is 0 Å². The number of hydrogen-bond donors (Lipinski definition) is 0. The number of ether oxygens (including phenoxy) is 1. The van der Waals surface area contributed by atoms with Crippen LogP contribution in [0.5, 0.6) is 5.75 Å². The molecule has 104 valence electrons. The molecule has 0 fully saturated rings. The lowest BCUT2D eigenvalue weighted by Crippen LogP contribution is -2.03. The van der Waals surface area contributed by atoms with Crippen LogP contribution in [0.4, 0.5) is 0 Å². The molecule has 4 heteroatoms. The summed E-state index contributed by atoms with van der Waals surface area (Å²) in [6.07, 6.45) is 0.